The molecule has 3 rings (SSSR count). The van der Waals surface area contributed by atoms with Crippen LogP contribution in [0.3, 0.4) is 0 Å². The van der Waals surface area contributed by atoms with Crippen molar-refractivity contribution in [2.45, 2.75) is 19.9 Å². The molecule has 6 heteroatoms. The number of hydrogen-bond acceptors (Lipinski definition) is 3. The van der Waals surface area contributed by atoms with E-state index in [1.54, 1.807) is 6.07 Å². The van der Waals surface area contributed by atoms with E-state index in [0.717, 1.165) is 48.1 Å². The van der Waals surface area contributed by atoms with Gasteiger partial charge in [-0.2, -0.15) is 0 Å². The minimum absolute atomic E-state index is 0.0124. The Kier molecular flexibility index (Phi) is 6.07. The number of halogens is 2. The van der Waals surface area contributed by atoms with Gasteiger partial charge in [-0.05, 0) is 43.7 Å². The maximum atomic E-state index is 12.7. The fraction of sp³-hybridized carbons (Fsp3) is 0.350. The van der Waals surface area contributed by atoms with E-state index in [0.29, 0.717) is 5.02 Å². The molecule has 0 aliphatic carbocycles. The summed E-state index contributed by atoms with van der Waals surface area (Å²) >= 11 is 12.3. The number of rotatable bonds is 4. The molecular formula is C20H23Cl2N3O. The Morgan fingerprint density at radius 3 is 2.46 bits per heavy atom. The number of nitrogens with zero attached hydrogens (tertiary/aromatic N) is 2. The number of anilines is 2. The van der Waals surface area contributed by atoms with Crippen LogP contribution in [0.4, 0.5) is 11.4 Å². The molecule has 1 heterocycles. The number of benzene rings is 2. The molecule has 1 aliphatic rings. The maximum absolute atomic E-state index is 12.7. The molecule has 26 heavy (non-hydrogen) atoms. The van der Waals surface area contributed by atoms with Gasteiger partial charge in [0.25, 0.3) is 0 Å². The number of carbonyl (C=O) groups is 1. The zero-order valence-corrected chi connectivity index (χ0v) is 16.5. The zero-order valence-electron chi connectivity index (χ0n) is 15.0. The lowest BCUT2D eigenvalue weighted by Crippen LogP contribution is -2.52. The van der Waals surface area contributed by atoms with Gasteiger partial charge in [-0.3, -0.25) is 9.69 Å². The van der Waals surface area contributed by atoms with Crippen LogP contribution in [0.25, 0.3) is 0 Å². The fourth-order valence-electron chi connectivity index (χ4n) is 3.19. The summed E-state index contributed by atoms with van der Waals surface area (Å²) < 4.78 is 0. The molecule has 4 nitrogen and oxygen atoms in total. The molecule has 0 spiro atoms. The maximum Gasteiger partial charge on any atom is 0.241 e. The van der Waals surface area contributed by atoms with Crippen LogP contribution in [-0.4, -0.2) is 43.0 Å². The standard InChI is InChI=1S/C20H23Cl2N3O/c1-14-7-8-16(21)13-18(14)23-20(26)15(2)24-9-11-25(12-10-24)19-6-4-3-5-17(19)22/h3-8,13,15H,9-12H2,1-2H3,(H,23,26)/t15-/m1/s1. The lowest BCUT2D eigenvalue weighted by atomic mass is 10.1. The Balaban J connectivity index is 1.59. The Labute approximate surface area is 164 Å². The van der Waals surface area contributed by atoms with Crippen molar-refractivity contribution >= 4 is 40.5 Å². The summed E-state index contributed by atoms with van der Waals surface area (Å²) in [6.07, 6.45) is 0. The minimum Gasteiger partial charge on any atom is -0.368 e. The predicted octanol–water partition coefficient (Wildman–Crippen LogP) is 4.45. The van der Waals surface area contributed by atoms with E-state index in [2.05, 4.69) is 15.1 Å². The van der Waals surface area contributed by atoms with Crippen molar-refractivity contribution in [3.05, 3.63) is 58.1 Å². The second-order valence-corrected chi connectivity index (χ2v) is 7.44. The summed E-state index contributed by atoms with van der Waals surface area (Å²) in [7, 11) is 0. The van der Waals surface area contributed by atoms with Crippen LogP contribution >= 0.6 is 23.2 Å². The smallest absolute Gasteiger partial charge is 0.241 e. The largest absolute Gasteiger partial charge is 0.368 e. The fourth-order valence-corrected chi connectivity index (χ4v) is 3.62. The highest BCUT2D eigenvalue weighted by Crippen LogP contribution is 2.26. The van der Waals surface area contributed by atoms with Crippen molar-refractivity contribution in [2.24, 2.45) is 0 Å². The van der Waals surface area contributed by atoms with Gasteiger partial charge in [-0.15, -0.1) is 0 Å². The Morgan fingerprint density at radius 2 is 1.77 bits per heavy atom. The van der Waals surface area contributed by atoms with E-state index in [-0.39, 0.29) is 11.9 Å². The first kappa shape index (κ1) is 19.0. The molecule has 0 aromatic heterocycles. The Morgan fingerprint density at radius 1 is 1.08 bits per heavy atom. The van der Waals surface area contributed by atoms with Gasteiger partial charge in [0.1, 0.15) is 0 Å². The van der Waals surface area contributed by atoms with Crippen LogP contribution in [0.2, 0.25) is 10.0 Å². The summed E-state index contributed by atoms with van der Waals surface area (Å²) in [4.78, 5) is 17.1. The Bertz CT molecular complexity index is 788. The number of carbonyl (C=O) groups excluding carboxylic acids is 1. The molecule has 0 bridgehead atoms. The summed E-state index contributed by atoms with van der Waals surface area (Å²) in [5.41, 5.74) is 2.82. The van der Waals surface area contributed by atoms with Crippen molar-refractivity contribution in [3.8, 4) is 0 Å². The van der Waals surface area contributed by atoms with Gasteiger partial charge >= 0.3 is 0 Å². The van der Waals surface area contributed by atoms with E-state index in [4.69, 9.17) is 23.2 Å². The van der Waals surface area contributed by atoms with Gasteiger partial charge in [0.2, 0.25) is 5.91 Å². The average molecular weight is 392 g/mol. The summed E-state index contributed by atoms with van der Waals surface area (Å²) in [6, 6.07) is 13.2. The van der Waals surface area contributed by atoms with Crippen molar-refractivity contribution in [1.82, 2.24) is 4.90 Å². The molecule has 0 unspecified atom stereocenters. The average Bonchev–Trinajstić information content (AvgIpc) is 2.64. The lowest BCUT2D eigenvalue weighted by molar-refractivity contribution is -0.120. The third kappa shape index (κ3) is 4.32. The number of aryl methyl sites for hydroxylation is 1. The molecule has 1 saturated heterocycles. The first-order valence-corrected chi connectivity index (χ1v) is 9.52. The van der Waals surface area contributed by atoms with Crippen LogP contribution in [0.15, 0.2) is 42.5 Å². The van der Waals surface area contributed by atoms with Crippen molar-refractivity contribution in [2.75, 3.05) is 36.4 Å². The quantitative estimate of drug-likeness (QED) is 0.835. The van der Waals surface area contributed by atoms with E-state index in [9.17, 15) is 4.79 Å². The number of amides is 1. The van der Waals surface area contributed by atoms with Crippen LogP contribution < -0.4 is 10.2 Å². The molecule has 1 N–H and O–H groups in total. The highest BCUT2D eigenvalue weighted by atomic mass is 35.5. The van der Waals surface area contributed by atoms with Crippen LogP contribution in [0, 0.1) is 6.92 Å². The second-order valence-electron chi connectivity index (χ2n) is 6.60. The second kappa shape index (κ2) is 8.30. The first-order chi connectivity index (χ1) is 12.5. The lowest BCUT2D eigenvalue weighted by Gasteiger charge is -2.38. The molecule has 2 aromatic rings. The van der Waals surface area contributed by atoms with E-state index in [1.165, 1.54) is 0 Å². The van der Waals surface area contributed by atoms with Gasteiger partial charge < -0.3 is 10.2 Å². The number of hydrogen-bond donors (Lipinski definition) is 1. The molecule has 2 aromatic carbocycles. The highest BCUT2D eigenvalue weighted by Gasteiger charge is 2.26. The first-order valence-electron chi connectivity index (χ1n) is 8.76. The van der Waals surface area contributed by atoms with Crippen LogP contribution in [-0.2, 0) is 4.79 Å². The number of nitrogens with one attached hydrogen (secondary N) is 1. The monoisotopic (exact) mass is 391 g/mol. The molecule has 1 fully saturated rings. The van der Waals surface area contributed by atoms with E-state index >= 15 is 0 Å². The predicted molar refractivity (Wildman–Crippen MR) is 110 cm³/mol. The summed E-state index contributed by atoms with van der Waals surface area (Å²) in [5.74, 6) is -0.0124. The molecule has 1 amide bonds. The van der Waals surface area contributed by atoms with Gasteiger partial charge in [-0.25, -0.2) is 0 Å². The minimum atomic E-state index is -0.207. The summed E-state index contributed by atoms with van der Waals surface area (Å²) in [6.45, 7) is 7.22. The van der Waals surface area contributed by atoms with Crippen LogP contribution in [0.1, 0.15) is 12.5 Å². The van der Waals surface area contributed by atoms with Crippen molar-refractivity contribution in [3.63, 3.8) is 0 Å². The molecule has 1 aliphatic heterocycles. The zero-order chi connectivity index (χ0) is 18.7. The third-order valence-electron chi connectivity index (χ3n) is 4.89. The molecule has 1 atom stereocenters. The van der Waals surface area contributed by atoms with Gasteiger partial charge in [0.15, 0.2) is 0 Å². The number of para-hydroxylation sites is 1. The molecule has 0 saturated carbocycles. The topological polar surface area (TPSA) is 35.6 Å². The third-order valence-corrected chi connectivity index (χ3v) is 5.45. The van der Waals surface area contributed by atoms with Gasteiger partial charge in [0, 0.05) is 36.9 Å². The SMILES string of the molecule is Cc1ccc(Cl)cc1NC(=O)[C@@H](C)N1CCN(c2ccccc2Cl)CC1. The molecule has 0 radical (unpaired) electrons. The van der Waals surface area contributed by atoms with Gasteiger partial charge in [0.05, 0.1) is 16.8 Å². The van der Waals surface area contributed by atoms with Crippen LogP contribution in [0.5, 0.6) is 0 Å². The highest BCUT2D eigenvalue weighted by molar-refractivity contribution is 6.33. The molecular weight excluding hydrogens is 369 g/mol. The normalized spacial score (nSPS) is 16.4. The Hall–Kier alpha value is -1.75. The van der Waals surface area contributed by atoms with E-state index < -0.39 is 0 Å². The van der Waals surface area contributed by atoms with Crippen molar-refractivity contribution < 1.29 is 4.79 Å². The molecule has 138 valence electrons. The number of piperazine rings is 1. The van der Waals surface area contributed by atoms with Gasteiger partial charge in [-0.1, -0.05) is 41.4 Å². The summed E-state index contributed by atoms with van der Waals surface area (Å²) in [5, 5.41) is 4.38. The van der Waals surface area contributed by atoms with E-state index in [1.807, 2.05) is 50.2 Å². The van der Waals surface area contributed by atoms with Crippen molar-refractivity contribution in [1.29, 1.82) is 0 Å².